The number of carbonyl (C=O) groups is 2. The second-order valence-electron chi connectivity index (χ2n) is 6.24. The number of anilines is 1. The molecule has 27 heavy (non-hydrogen) atoms. The van der Waals surface area contributed by atoms with Gasteiger partial charge in [-0.3, -0.25) is 9.59 Å². The van der Waals surface area contributed by atoms with Crippen molar-refractivity contribution in [1.29, 1.82) is 0 Å². The summed E-state index contributed by atoms with van der Waals surface area (Å²) in [6, 6.07) is 14.4. The fraction of sp³-hybridized carbons (Fsp3) is 0.250. The van der Waals surface area contributed by atoms with Crippen LogP contribution in [0.5, 0.6) is 5.75 Å². The summed E-state index contributed by atoms with van der Waals surface area (Å²) in [6.07, 6.45) is 0. The van der Waals surface area contributed by atoms with E-state index in [0.29, 0.717) is 11.5 Å². The molecule has 0 saturated heterocycles. The quantitative estimate of drug-likeness (QED) is 0.702. The predicted molar refractivity (Wildman–Crippen MR) is 104 cm³/mol. The third-order valence-corrected chi connectivity index (χ3v) is 4.17. The number of ether oxygens (including phenoxy) is 1. The molecule has 3 aromatic rings. The average molecular weight is 366 g/mol. The molecule has 1 unspecified atom stereocenters. The Morgan fingerprint density at radius 3 is 2.52 bits per heavy atom. The first-order chi connectivity index (χ1) is 13.0. The van der Waals surface area contributed by atoms with Crippen molar-refractivity contribution in [3.63, 3.8) is 0 Å². The Morgan fingerprint density at radius 2 is 1.85 bits per heavy atom. The van der Waals surface area contributed by atoms with Crippen molar-refractivity contribution >= 4 is 28.5 Å². The number of imidazole rings is 1. The molecule has 0 aliphatic heterocycles. The lowest BCUT2D eigenvalue weighted by Crippen LogP contribution is -2.28. The number of benzene rings is 2. The number of fused-ring (bicyclic) bond motifs is 1. The molecule has 1 atom stereocenters. The zero-order valence-electron chi connectivity index (χ0n) is 15.5. The Balaban J connectivity index is 1.85. The fourth-order valence-corrected chi connectivity index (χ4v) is 2.98. The van der Waals surface area contributed by atoms with Crippen molar-refractivity contribution < 1.29 is 14.3 Å². The molecule has 140 valence electrons. The molecule has 2 aromatic carbocycles. The van der Waals surface area contributed by atoms with Gasteiger partial charge >= 0.3 is 0 Å². The van der Waals surface area contributed by atoms with Crippen molar-refractivity contribution in [2.45, 2.75) is 26.4 Å². The van der Waals surface area contributed by atoms with Gasteiger partial charge in [-0.1, -0.05) is 12.1 Å². The van der Waals surface area contributed by atoms with E-state index < -0.39 is 0 Å². The monoisotopic (exact) mass is 366 g/mol. The fourth-order valence-electron chi connectivity index (χ4n) is 2.98. The molecule has 2 N–H and O–H groups in total. The van der Waals surface area contributed by atoms with E-state index in [0.717, 1.165) is 16.8 Å². The molecule has 0 fully saturated rings. The molecule has 2 amide bonds. The number of hydrogen-bond donors (Lipinski definition) is 2. The summed E-state index contributed by atoms with van der Waals surface area (Å²) in [5, 5.41) is 5.70. The molecular formula is C20H22N4O3. The van der Waals surface area contributed by atoms with Crippen molar-refractivity contribution in [3.05, 3.63) is 54.4 Å². The molecule has 1 aromatic heterocycles. The number of nitrogens with zero attached hydrogens (tertiary/aromatic N) is 2. The van der Waals surface area contributed by atoms with Crippen LogP contribution in [0.4, 0.5) is 5.69 Å². The Morgan fingerprint density at radius 1 is 1.15 bits per heavy atom. The van der Waals surface area contributed by atoms with Crippen LogP contribution in [0.2, 0.25) is 0 Å². The average Bonchev–Trinajstić information content (AvgIpc) is 3.00. The lowest BCUT2D eigenvalue weighted by molar-refractivity contribution is -0.119. The highest BCUT2D eigenvalue weighted by Crippen LogP contribution is 2.21. The molecule has 0 radical (unpaired) electrons. The second-order valence-corrected chi connectivity index (χ2v) is 6.24. The summed E-state index contributed by atoms with van der Waals surface area (Å²) in [5.41, 5.74) is 2.30. The molecular weight excluding hydrogens is 344 g/mol. The minimum atomic E-state index is -0.316. The lowest BCUT2D eigenvalue weighted by Gasteiger charge is -2.15. The lowest BCUT2D eigenvalue weighted by atomic mass is 10.3. The van der Waals surface area contributed by atoms with Gasteiger partial charge in [0, 0.05) is 12.6 Å². The summed E-state index contributed by atoms with van der Waals surface area (Å²) in [7, 11) is 1.59. The van der Waals surface area contributed by atoms with E-state index >= 15 is 0 Å². The first-order valence-corrected chi connectivity index (χ1v) is 8.64. The molecule has 0 bridgehead atoms. The van der Waals surface area contributed by atoms with E-state index in [4.69, 9.17) is 4.74 Å². The summed E-state index contributed by atoms with van der Waals surface area (Å²) < 4.78 is 6.95. The number of aromatic nitrogens is 2. The van der Waals surface area contributed by atoms with E-state index in [1.54, 1.807) is 31.4 Å². The third-order valence-electron chi connectivity index (χ3n) is 4.17. The number of methoxy groups -OCH3 is 1. The molecule has 7 heteroatoms. The Bertz CT molecular complexity index is 963. The van der Waals surface area contributed by atoms with Gasteiger partial charge < -0.3 is 19.9 Å². The second kappa shape index (κ2) is 7.90. The molecule has 1 heterocycles. The van der Waals surface area contributed by atoms with E-state index in [1.807, 2.05) is 35.8 Å². The van der Waals surface area contributed by atoms with Gasteiger partial charge in [-0.15, -0.1) is 0 Å². The maximum atomic E-state index is 12.6. The summed E-state index contributed by atoms with van der Waals surface area (Å²) in [6.45, 7) is 3.40. The first kappa shape index (κ1) is 18.4. The van der Waals surface area contributed by atoms with Crippen molar-refractivity contribution in [3.8, 4) is 5.75 Å². The zero-order valence-corrected chi connectivity index (χ0v) is 15.5. The van der Waals surface area contributed by atoms with Crippen LogP contribution in [-0.4, -0.2) is 28.5 Å². The predicted octanol–water partition coefficient (Wildman–Crippen LogP) is 2.88. The van der Waals surface area contributed by atoms with Gasteiger partial charge in [0.25, 0.3) is 0 Å². The van der Waals surface area contributed by atoms with Gasteiger partial charge in [0.05, 0.1) is 24.2 Å². The maximum absolute atomic E-state index is 12.6. The van der Waals surface area contributed by atoms with Crippen LogP contribution in [0.25, 0.3) is 11.0 Å². The number of hydrogen-bond acceptors (Lipinski definition) is 4. The van der Waals surface area contributed by atoms with Crippen LogP contribution in [-0.2, 0) is 16.1 Å². The molecule has 3 rings (SSSR count). The summed E-state index contributed by atoms with van der Waals surface area (Å²) >= 11 is 0. The van der Waals surface area contributed by atoms with Gasteiger partial charge in [0.15, 0.2) is 0 Å². The SMILES string of the molecule is COc1ccc(NC(=O)Cn2c(C(C)NC(C)=O)nc3ccccc32)cc1. The minimum absolute atomic E-state index is 0.0891. The first-order valence-electron chi connectivity index (χ1n) is 8.64. The molecule has 0 aliphatic rings. The smallest absolute Gasteiger partial charge is 0.244 e. The topological polar surface area (TPSA) is 85.2 Å². The van der Waals surface area contributed by atoms with Crippen LogP contribution < -0.4 is 15.4 Å². The third kappa shape index (κ3) is 4.25. The van der Waals surface area contributed by atoms with Crippen molar-refractivity contribution in [2.24, 2.45) is 0 Å². The molecule has 0 saturated carbocycles. The Labute approximate surface area is 157 Å². The largest absolute Gasteiger partial charge is 0.497 e. The summed E-state index contributed by atoms with van der Waals surface area (Å²) in [5.74, 6) is 1.03. The minimum Gasteiger partial charge on any atom is -0.497 e. The standard InChI is InChI=1S/C20H22N4O3/c1-13(21-14(2)25)20-23-17-6-4-5-7-18(17)24(20)12-19(26)22-15-8-10-16(27-3)11-9-15/h4-11,13H,12H2,1-3H3,(H,21,25)(H,22,26). The Kier molecular flexibility index (Phi) is 5.40. The van der Waals surface area contributed by atoms with E-state index in [-0.39, 0.29) is 24.4 Å². The normalized spacial score (nSPS) is 11.8. The number of para-hydroxylation sites is 2. The highest BCUT2D eigenvalue weighted by atomic mass is 16.5. The number of carbonyl (C=O) groups excluding carboxylic acids is 2. The number of amides is 2. The van der Waals surface area contributed by atoms with Gasteiger partial charge in [-0.2, -0.15) is 0 Å². The molecule has 0 spiro atoms. The zero-order chi connectivity index (χ0) is 19.4. The molecule has 0 aliphatic carbocycles. The van der Waals surface area contributed by atoms with Gasteiger partial charge in [-0.05, 0) is 43.3 Å². The van der Waals surface area contributed by atoms with E-state index in [2.05, 4.69) is 15.6 Å². The highest BCUT2D eigenvalue weighted by Gasteiger charge is 2.19. The van der Waals surface area contributed by atoms with Gasteiger partial charge in [0.2, 0.25) is 11.8 Å². The van der Waals surface area contributed by atoms with Gasteiger partial charge in [-0.25, -0.2) is 4.98 Å². The molecule has 7 nitrogen and oxygen atoms in total. The van der Waals surface area contributed by atoms with Crippen LogP contribution >= 0.6 is 0 Å². The van der Waals surface area contributed by atoms with Gasteiger partial charge in [0.1, 0.15) is 18.1 Å². The van der Waals surface area contributed by atoms with Crippen LogP contribution in [0.1, 0.15) is 25.7 Å². The van der Waals surface area contributed by atoms with E-state index in [9.17, 15) is 9.59 Å². The Hall–Kier alpha value is -3.35. The summed E-state index contributed by atoms with van der Waals surface area (Å²) in [4.78, 5) is 28.6. The van der Waals surface area contributed by atoms with Crippen LogP contribution in [0.3, 0.4) is 0 Å². The maximum Gasteiger partial charge on any atom is 0.244 e. The van der Waals surface area contributed by atoms with Crippen LogP contribution in [0, 0.1) is 0 Å². The van der Waals surface area contributed by atoms with E-state index in [1.165, 1.54) is 6.92 Å². The van der Waals surface area contributed by atoms with Crippen LogP contribution in [0.15, 0.2) is 48.5 Å². The van der Waals surface area contributed by atoms with Crippen molar-refractivity contribution in [2.75, 3.05) is 12.4 Å². The van der Waals surface area contributed by atoms with Crippen molar-refractivity contribution in [1.82, 2.24) is 14.9 Å². The number of rotatable bonds is 6. The highest BCUT2D eigenvalue weighted by molar-refractivity contribution is 5.91. The number of nitrogens with one attached hydrogen (secondary N) is 2.